The van der Waals surface area contributed by atoms with Crippen molar-refractivity contribution in [3.63, 3.8) is 0 Å². The smallest absolute Gasteiger partial charge is 0.282 e. The molecule has 1 N–H and O–H groups in total. The molecule has 1 heterocycles. The lowest BCUT2D eigenvalue weighted by molar-refractivity contribution is 0.0948. The Labute approximate surface area is 144 Å². The molecule has 0 unspecified atom stereocenters. The van der Waals surface area contributed by atoms with Crippen molar-refractivity contribution >= 4 is 16.8 Å². The van der Waals surface area contributed by atoms with Crippen molar-refractivity contribution in [3.05, 3.63) is 64.4 Å². The van der Waals surface area contributed by atoms with Crippen LogP contribution < -0.4 is 10.9 Å². The van der Waals surface area contributed by atoms with Gasteiger partial charge in [0.1, 0.15) is 5.52 Å². The van der Waals surface area contributed by atoms with Crippen LogP contribution >= 0.6 is 0 Å². The van der Waals surface area contributed by atoms with Gasteiger partial charge in [-0.15, -0.1) is 5.10 Å². The average molecular weight is 338 g/mol. The summed E-state index contributed by atoms with van der Waals surface area (Å²) in [6.45, 7) is 1.15. The van der Waals surface area contributed by atoms with E-state index in [1.165, 1.54) is 4.68 Å². The molecular weight excluding hydrogens is 320 g/mol. The number of ether oxygens (including phenoxy) is 1. The average Bonchev–Trinajstić information content (AvgIpc) is 2.66. The summed E-state index contributed by atoms with van der Waals surface area (Å²) in [4.78, 5) is 24.6. The van der Waals surface area contributed by atoms with Gasteiger partial charge in [0.25, 0.3) is 11.5 Å². The molecule has 1 aromatic heterocycles. The molecule has 2 aromatic carbocycles. The van der Waals surface area contributed by atoms with Crippen LogP contribution in [0.25, 0.3) is 16.6 Å². The standard InChI is InChI=1S/C18H18N4O3/c1-25-12-4-11-19-17(23)13-7-9-14(10-8-13)22-18(24)15-5-2-3-6-16(15)20-21-22/h2-3,5-10H,4,11-12H2,1H3,(H,19,23). The van der Waals surface area contributed by atoms with E-state index in [9.17, 15) is 9.59 Å². The monoisotopic (exact) mass is 338 g/mol. The number of methoxy groups -OCH3 is 1. The van der Waals surface area contributed by atoms with Gasteiger partial charge < -0.3 is 10.1 Å². The van der Waals surface area contributed by atoms with Gasteiger partial charge in [-0.25, -0.2) is 0 Å². The summed E-state index contributed by atoms with van der Waals surface area (Å²) in [7, 11) is 1.62. The second-order valence-corrected chi connectivity index (χ2v) is 5.47. The first-order chi connectivity index (χ1) is 12.2. The molecule has 0 fully saturated rings. The molecule has 3 aromatic rings. The fraction of sp³-hybridized carbons (Fsp3) is 0.222. The van der Waals surface area contributed by atoms with Gasteiger partial charge in [0.15, 0.2) is 0 Å². The number of nitrogens with zero attached hydrogens (tertiary/aromatic N) is 3. The number of hydrogen-bond donors (Lipinski definition) is 1. The largest absolute Gasteiger partial charge is 0.385 e. The fourth-order valence-corrected chi connectivity index (χ4v) is 2.43. The summed E-state index contributed by atoms with van der Waals surface area (Å²) in [5, 5.41) is 11.3. The predicted octanol–water partition coefficient (Wildman–Crippen LogP) is 1.55. The van der Waals surface area contributed by atoms with E-state index in [4.69, 9.17) is 4.74 Å². The Bertz CT molecular complexity index is 935. The lowest BCUT2D eigenvalue weighted by Crippen LogP contribution is -2.25. The molecule has 0 aliphatic rings. The fourth-order valence-electron chi connectivity index (χ4n) is 2.43. The van der Waals surface area contributed by atoms with Crippen molar-refractivity contribution in [1.29, 1.82) is 0 Å². The van der Waals surface area contributed by atoms with Gasteiger partial charge in [0.2, 0.25) is 0 Å². The number of nitrogens with one attached hydrogen (secondary N) is 1. The Balaban J connectivity index is 1.80. The van der Waals surface area contributed by atoms with Crippen molar-refractivity contribution in [2.75, 3.05) is 20.3 Å². The maximum atomic E-state index is 12.5. The molecule has 1 amide bonds. The number of carbonyl (C=O) groups excluding carboxylic acids is 1. The van der Waals surface area contributed by atoms with Crippen LogP contribution in [0.4, 0.5) is 0 Å². The predicted molar refractivity (Wildman–Crippen MR) is 94.0 cm³/mol. The third-order valence-corrected chi connectivity index (χ3v) is 3.75. The van der Waals surface area contributed by atoms with Crippen LogP contribution in [0.2, 0.25) is 0 Å². The van der Waals surface area contributed by atoms with Crippen LogP contribution in [0.1, 0.15) is 16.8 Å². The molecule has 0 radical (unpaired) electrons. The topological polar surface area (TPSA) is 86.1 Å². The highest BCUT2D eigenvalue weighted by atomic mass is 16.5. The van der Waals surface area contributed by atoms with E-state index in [0.29, 0.717) is 35.3 Å². The molecule has 0 atom stereocenters. The minimum absolute atomic E-state index is 0.167. The molecule has 0 spiro atoms. The van der Waals surface area contributed by atoms with E-state index in [2.05, 4.69) is 15.6 Å². The van der Waals surface area contributed by atoms with Gasteiger partial charge in [-0.05, 0) is 42.8 Å². The maximum Gasteiger partial charge on any atom is 0.282 e. The number of hydrogen-bond acceptors (Lipinski definition) is 5. The van der Waals surface area contributed by atoms with E-state index in [1.807, 2.05) is 0 Å². The highest BCUT2D eigenvalue weighted by molar-refractivity contribution is 5.94. The molecule has 0 saturated heterocycles. The van der Waals surface area contributed by atoms with E-state index in [-0.39, 0.29) is 11.5 Å². The van der Waals surface area contributed by atoms with E-state index >= 15 is 0 Å². The highest BCUT2D eigenvalue weighted by Gasteiger charge is 2.09. The lowest BCUT2D eigenvalue weighted by atomic mass is 10.2. The van der Waals surface area contributed by atoms with Crippen LogP contribution in [0.5, 0.6) is 0 Å². The number of rotatable bonds is 6. The second kappa shape index (κ2) is 7.67. The van der Waals surface area contributed by atoms with Gasteiger partial charge in [-0.1, -0.05) is 17.3 Å². The molecule has 128 valence electrons. The summed E-state index contributed by atoms with van der Waals surface area (Å²) in [5.74, 6) is -0.167. The van der Waals surface area contributed by atoms with Crippen molar-refractivity contribution in [2.45, 2.75) is 6.42 Å². The second-order valence-electron chi connectivity index (χ2n) is 5.47. The van der Waals surface area contributed by atoms with E-state index < -0.39 is 0 Å². The van der Waals surface area contributed by atoms with Crippen molar-refractivity contribution in [3.8, 4) is 5.69 Å². The molecule has 25 heavy (non-hydrogen) atoms. The highest BCUT2D eigenvalue weighted by Crippen LogP contribution is 2.09. The molecule has 0 aliphatic heterocycles. The molecule has 0 saturated carbocycles. The Kier molecular flexibility index (Phi) is 5.15. The Morgan fingerprint density at radius 2 is 1.92 bits per heavy atom. The van der Waals surface area contributed by atoms with Crippen molar-refractivity contribution in [2.24, 2.45) is 0 Å². The van der Waals surface area contributed by atoms with Gasteiger partial charge in [0.05, 0.1) is 11.1 Å². The zero-order valence-corrected chi connectivity index (χ0v) is 13.8. The van der Waals surface area contributed by atoms with Crippen LogP contribution in [-0.4, -0.2) is 41.2 Å². The minimum atomic E-state index is -0.248. The van der Waals surface area contributed by atoms with Crippen LogP contribution in [0, 0.1) is 0 Å². The molecule has 0 bridgehead atoms. The molecule has 7 heteroatoms. The van der Waals surface area contributed by atoms with Gasteiger partial charge in [-0.2, -0.15) is 4.68 Å². The zero-order valence-electron chi connectivity index (χ0n) is 13.8. The molecule has 3 rings (SSSR count). The number of carbonyl (C=O) groups is 1. The van der Waals surface area contributed by atoms with E-state index in [1.54, 1.807) is 55.6 Å². The first-order valence-electron chi connectivity index (χ1n) is 7.93. The number of aromatic nitrogens is 3. The summed E-state index contributed by atoms with van der Waals surface area (Å²) in [6, 6.07) is 13.7. The summed E-state index contributed by atoms with van der Waals surface area (Å²) in [6.07, 6.45) is 0.752. The number of amides is 1. The van der Waals surface area contributed by atoms with Gasteiger partial charge in [0, 0.05) is 25.8 Å². The maximum absolute atomic E-state index is 12.5. The van der Waals surface area contributed by atoms with Gasteiger partial charge in [-0.3, -0.25) is 9.59 Å². The van der Waals surface area contributed by atoms with Crippen LogP contribution in [0.15, 0.2) is 53.3 Å². The van der Waals surface area contributed by atoms with Crippen molar-refractivity contribution < 1.29 is 9.53 Å². The molecular formula is C18H18N4O3. The SMILES string of the molecule is COCCCNC(=O)c1ccc(-n2nnc3ccccc3c2=O)cc1. The number of benzene rings is 2. The lowest BCUT2D eigenvalue weighted by Gasteiger charge is -2.07. The van der Waals surface area contributed by atoms with Crippen LogP contribution in [0.3, 0.4) is 0 Å². The Morgan fingerprint density at radius 1 is 1.16 bits per heavy atom. The molecule has 7 nitrogen and oxygen atoms in total. The Hall–Kier alpha value is -3.06. The normalized spacial score (nSPS) is 10.8. The summed E-state index contributed by atoms with van der Waals surface area (Å²) >= 11 is 0. The van der Waals surface area contributed by atoms with Gasteiger partial charge >= 0.3 is 0 Å². The summed E-state index contributed by atoms with van der Waals surface area (Å²) in [5.41, 5.74) is 1.38. The zero-order chi connectivity index (χ0) is 17.6. The third kappa shape index (κ3) is 3.72. The van der Waals surface area contributed by atoms with E-state index in [0.717, 1.165) is 6.42 Å². The van der Waals surface area contributed by atoms with Crippen LogP contribution in [-0.2, 0) is 4.74 Å². The Morgan fingerprint density at radius 3 is 2.68 bits per heavy atom. The molecule has 0 aliphatic carbocycles. The number of fused-ring (bicyclic) bond motifs is 1. The quantitative estimate of drug-likeness (QED) is 0.689. The van der Waals surface area contributed by atoms with Crippen molar-refractivity contribution in [1.82, 2.24) is 20.3 Å². The third-order valence-electron chi connectivity index (χ3n) is 3.75. The first-order valence-corrected chi connectivity index (χ1v) is 7.93. The minimum Gasteiger partial charge on any atom is -0.385 e. The first kappa shape index (κ1) is 16.8. The summed E-state index contributed by atoms with van der Waals surface area (Å²) < 4.78 is 6.16.